The van der Waals surface area contributed by atoms with Gasteiger partial charge in [0.05, 0.1) is 23.9 Å². The lowest BCUT2D eigenvalue weighted by Gasteiger charge is -2.14. The molecule has 0 atom stereocenters. The minimum atomic E-state index is 0.242. The molecule has 104 valence electrons. The molecule has 1 aromatic heterocycles. The van der Waals surface area contributed by atoms with Crippen molar-refractivity contribution in [3.05, 3.63) is 36.5 Å². The maximum absolute atomic E-state index is 11.0. The highest BCUT2D eigenvalue weighted by atomic mass is 16.1. The van der Waals surface area contributed by atoms with E-state index in [-0.39, 0.29) is 6.54 Å². The van der Waals surface area contributed by atoms with Gasteiger partial charge in [-0.25, -0.2) is 0 Å². The quantitative estimate of drug-likeness (QED) is 0.636. The van der Waals surface area contributed by atoms with Gasteiger partial charge in [-0.3, -0.25) is 19.7 Å². The van der Waals surface area contributed by atoms with Crippen molar-refractivity contribution in [1.29, 1.82) is 0 Å². The maximum atomic E-state index is 11.0. The number of hydrogen-bond acceptors (Lipinski definition) is 4. The summed E-state index contributed by atoms with van der Waals surface area (Å²) >= 11 is 0. The number of pyridine rings is 1. The van der Waals surface area contributed by atoms with Crippen molar-refractivity contribution < 1.29 is 4.79 Å². The average Bonchev–Trinajstić information content (AvgIpc) is 3.02. The highest BCUT2D eigenvalue weighted by molar-refractivity contribution is 5.93. The van der Waals surface area contributed by atoms with Crippen LogP contribution >= 0.6 is 0 Å². The van der Waals surface area contributed by atoms with E-state index in [1.165, 1.54) is 4.90 Å². The second-order valence-corrected chi connectivity index (χ2v) is 4.71. The second-order valence-electron chi connectivity index (χ2n) is 4.71. The number of aromatic nitrogens is 1. The number of terminal acetylenes is 1. The van der Waals surface area contributed by atoms with Crippen LogP contribution in [0.3, 0.4) is 0 Å². The Labute approximate surface area is 122 Å². The van der Waals surface area contributed by atoms with Crippen molar-refractivity contribution in [3.63, 3.8) is 0 Å². The predicted molar refractivity (Wildman–Crippen MR) is 82.7 cm³/mol. The standard InChI is InChI=1S/C16H14N4O/c1-2-8-19(12-21)16-7-9-20(18-16)14-10-13-5-3-4-6-15(13)17-11-14/h1,3-6,10-12H,7-9H2. The number of hydrazone groups is 1. The molecule has 0 saturated heterocycles. The van der Waals surface area contributed by atoms with Crippen LogP contribution in [0, 0.1) is 12.3 Å². The topological polar surface area (TPSA) is 48.8 Å². The summed E-state index contributed by atoms with van der Waals surface area (Å²) in [5.41, 5.74) is 1.86. The number of rotatable bonds is 3. The van der Waals surface area contributed by atoms with Gasteiger partial charge in [-0.15, -0.1) is 6.42 Å². The molecule has 1 aromatic carbocycles. The summed E-state index contributed by atoms with van der Waals surface area (Å²) in [4.78, 5) is 16.9. The number of fused-ring (bicyclic) bond motifs is 1. The first-order valence-corrected chi connectivity index (χ1v) is 6.67. The van der Waals surface area contributed by atoms with Crippen LogP contribution in [-0.2, 0) is 4.79 Å². The fraction of sp³-hybridized carbons (Fsp3) is 0.188. The third-order valence-electron chi connectivity index (χ3n) is 3.38. The van der Waals surface area contributed by atoms with E-state index in [1.54, 1.807) is 6.20 Å². The van der Waals surface area contributed by atoms with Crippen LogP contribution < -0.4 is 5.01 Å². The number of benzene rings is 1. The lowest BCUT2D eigenvalue weighted by Crippen LogP contribution is -2.28. The van der Waals surface area contributed by atoms with Crippen LogP contribution in [0.25, 0.3) is 10.9 Å². The molecular formula is C16H14N4O. The summed E-state index contributed by atoms with van der Waals surface area (Å²) in [5, 5.41) is 7.38. The molecule has 0 fully saturated rings. The van der Waals surface area contributed by atoms with E-state index in [2.05, 4.69) is 16.0 Å². The van der Waals surface area contributed by atoms with E-state index in [0.29, 0.717) is 18.8 Å². The van der Waals surface area contributed by atoms with Crippen molar-refractivity contribution in [2.24, 2.45) is 5.10 Å². The third kappa shape index (κ3) is 2.56. The van der Waals surface area contributed by atoms with E-state index in [0.717, 1.165) is 23.0 Å². The van der Waals surface area contributed by atoms with Gasteiger partial charge in [0.25, 0.3) is 0 Å². The number of amides is 1. The number of anilines is 1. The van der Waals surface area contributed by atoms with Gasteiger partial charge < -0.3 is 0 Å². The van der Waals surface area contributed by atoms with E-state index in [9.17, 15) is 4.79 Å². The number of nitrogens with zero attached hydrogens (tertiary/aromatic N) is 4. The van der Waals surface area contributed by atoms with Gasteiger partial charge in [0.15, 0.2) is 0 Å². The Balaban J connectivity index is 1.88. The zero-order valence-electron chi connectivity index (χ0n) is 11.4. The first-order valence-electron chi connectivity index (χ1n) is 6.67. The molecule has 1 aliphatic rings. The third-order valence-corrected chi connectivity index (χ3v) is 3.38. The predicted octanol–water partition coefficient (Wildman–Crippen LogP) is 1.85. The zero-order chi connectivity index (χ0) is 14.7. The number of carbonyl (C=O) groups is 1. The Morgan fingerprint density at radius 1 is 1.43 bits per heavy atom. The van der Waals surface area contributed by atoms with Gasteiger partial charge >= 0.3 is 0 Å². The molecule has 0 aliphatic carbocycles. The van der Waals surface area contributed by atoms with Crippen molar-refractivity contribution in [3.8, 4) is 12.3 Å². The van der Waals surface area contributed by atoms with Crippen LogP contribution in [0.2, 0.25) is 0 Å². The lowest BCUT2D eigenvalue weighted by atomic mass is 10.2. The van der Waals surface area contributed by atoms with E-state index in [4.69, 9.17) is 6.42 Å². The van der Waals surface area contributed by atoms with E-state index < -0.39 is 0 Å². The van der Waals surface area contributed by atoms with Crippen LogP contribution in [0.5, 0.6) is 0 Å². The monoisotopic (exact) mass is 278 g/mol. The fourth-order valence-corrected chi connectivity index (χ4v) is 2.32. The molecule has 1 amide bonds. The average molecular weight is 278 g/mol. The molecule has 0 radical (unpaired) electrons. The molecule has 2 aromatic rings. The molecule has 0 saturated carbocycles. The molecule has 0 unspecified atom stereocenters. The summed E-state index contributed by atoms with van der Waals surface area (Å²) in [7, 11) is 0. The Kier molecular flexibility index (Phi) is 3.52. The Hall–Kier alpha value is -2.87. The van der Waals surface area contributed by atoms with E-state index >= 15 is 0 Å². The molecule has 3 rings (SSSR count). The molecule has 2 heterocycles. The van der Waals surface area contributed by atoms with Crippen LogP contribution in [-0.4, -0.2) is 35.2 Å². The minimum absolute atomic E-state index is 0.242. The highest BCUT2D eigenvalue weighted by Crippen LogP contribution is 2.23. The Bertz CT molecular complexity index is 747. The number of carbonyl (C=O) groups excluding carboxylic acids is 1. The molecule has 0 spiro atoms. The largest absolute Gasteiger partial charge is 0.290 e. The van der Waals surface area contributed by atoms with Gasteiger partial charge in [-0.1, -0.05) is 24.1 Å². The summed E-state index contributed by atoms with van der Waals surface area (Å²) < 4.78 is 0. The van der Waals surface area contributed by atoms with Crippen LogP contribution in [0.15, 0.2) is 41.6 Å². The van der Waals surface area contributed by atoms with E-state index in [1.807, 2.05) is 35.3 Å². The molecule has 0 N–H and O–H groups in total. The van der Waals surface area contributed by atoms with Crippen molar-refractivity contribution in [2.45, 2.75) is 6.42 Å². The lowest BCUT2D eigenvalue weighted by molar-refractivity contribution is -0.114. The van der Waals surface area contributed by atoms with Crippen molar-refractivity contribution in [2.75, 3.05) is 18.1 Å². The smallest absolute Gasteiger partial charge is 0.215 e. The van der Waals surface area contributed by atoms with Gasteiger partial charge in [-0.2, -0.15) is 5.10 Å². The van der Waals surface area contributed by atoms with Gasteiger partial charge in [0.1, 0.15) is 5.84 Å². The molecular weight excluding hydrogens is 264 g/mol. The zero-order valence-corrected chi connectivity index (χ0v) is 11.4. The molecule has 21 heavy (non-hydrogen) atoms. The summed E-state index contributed by atoms with van der Waals surface area (Å²) in [6, 6.07) is 9.97. The second kappa shape index (κ2) is 5.63. The van der Waals surface area contributed by atoms with Gasteiger partial charge in [-0.05, 0) is 12.1 Å². The molecule has 5 heteroatoms. The summed E-state index contributed by atoms with van der Waals surface area (Å²) in [6.07, 6.45) is 8.46. The number of para-hydroxylation sites is 1. The fourth-order valence-electron chi connectivity index (χ4n) is 2.32. The number of hydrogen-bond donors (Lipinski definition) is 0. The highest BCUT2D eigenvalue weighted by Gasteiger charge is 2.20. The summed E-state index contributed by atoms with van der Waals surface area (Å²) in [6.45, 7) is 0.955. The first-order chi connectivity index (χ1) is 10.3. The van der Waals surface area contributed by atoms with Crippen LogP contribution in [0.1, 0.15) is 6.42 Å². The SMILES string of the molecule is C#CCN(C=O)C1=NN(c2cnc3ccccc3c2)CC1. The summed E-state index contributed by atoms with van der Waals surface area (Å²) in [5.74, 6) is 3.15. The van der Waals surface area contributed by atoms with Gasteiger partial charge in [0.2, 0.25) is 6.41 Å². The number of amidine groups is 1. The van der Waals surface area contributed by atoms with Crippen molar-refractivity contribution in [1.82, 2.24) is 9.88 Å². The molecule has 5 nitrogen and oxygen atoms in total. The maximum Gasteiger partial charge on any atom is 0.215 e. The minimum Gasteiger partial charge on any atom is -0.290 e. The first kappa shape index (κ1) is 13.1. The van der Waals surface area contributed by atoms with Gasteiger partial charge in [0, 0.05) is 18.4 Å². The van der Waals surface area contributed by atoms with Crippen LogP contribution in [0.4, 0.5) is 5.69 Å². The molecule has 1 aliphatic heterocycles. The van der Waals surface area contributed by atoms with Crippen molar-refractivity contribution >= 4 is 28.8 Å². The molecule has 0 bridgehead atoms. The Morgan fingerprint density at radius 2 is 2.29 bits per heavy atom. The Morgan fingerprint density at radius 3 is 3.10 bits per heavy atom. The normalized spacial score (nSPS) is 13.9.